The lowest BCUT2D eigenvalue weighted by Crippen LogP contribution is -2.61. The molecule has 210 valence electrons. The molecule has 0 N–H and O–H groups in total. The van der Waals surface area contributed by atoms with Crippen molar-refractivity contribution in [1.29, 1.82) is 0 Å². The molecule has 8 nitrogen and oxygen atoms in total. The molecule has 2 aromatic rings. The molecule has 0 fully saturated rings. The Morgan fingerprint density at radius 3 is 1.92 bits per heavy atom. The number of rotatable bonds is 13. The van der Waals surface area contributed by atoms with Crippen LogP contribution in [-0.2, 0) is 25.0 Å². The summed E-state index contributed by atoms with van der Waals surface area (Å²) < 4.78 is 144. The summed E-state index contributed by atoms with van der Waals surface area (Å²) in [6, 6.07) is 10.3. The van der Waals surface area contributed by atoms with Gasteiger partial charge in [-0.05, 0) is 54.1 Å². The highest BCUT2D eigenvalue weighted by Gasteiger charge is 2.81. The number of hydrogen-bond donors (Lipinski definition) is 0. The van der Waals surface area contributed by atoms with Gasteiger partial charge in [0, 0.05) is 11.3 Å². The molecule has 17 heteroatoms. The average molecular weight is 608 g/mol. The monoisotopic (exact) mass is 607 g/mol. The summed E-state index contributed by atoms with van der Waals surface area (Å²) in [4.78, 5) is 12.3. The fourth-order valence-corrected chi connectivity index (χ4v) is 4.79. The van der Waals surface area contributed by atoms with E-state index >= 15 is 0 Å². The third kappa shape index (κ3) is 6.81. The second-order valence-electron chi connectivity index (χ2n) is 7.27. The Hall–Kier alpha value is -2.76. The first-order valence-corrected chi connectivity index (χ1v) is 13.8. The molecule has 0 aromatic heterocycles. The molecular weight excluding hydrogens is 590 g/mol. The third-order valence-electron chi connectivity index (χ3n) is 4.53. The third-order valence-corrected chi connectivity index (χ3v) is 7.81. The Labute approximate surface area is 217 Å². The molecule has 0 atom stereocenters. The number of alkyl halides is 6. The van der Waals surface area contributed by atoms with E-state index in [1.165, 1.54) is 0 Å². The molecule has 0 amide bonds. The van der Waals surface area contributed by atoms with Crippen LogP contribution in [0.3, 0.4) is 0 Å². The van der Waals surface area contributed by atoms with Gasteiger partial charge in [-0.25, -0.2) is 8.42 Å². The topological polar surface area (TPSA) is 127 Å². The zero-order valence-corrected chi connectivity index (χ0v) is 21.2. The van der Waals surface area contributed by atoms with Crippen molar-refractivity contribution < 1.29 is 61.4 Å². The van der Waals surface area contributed by atoms with E-state index < -0.39 is 48.4 Å². The van der Waals surface area contributed by atoms with Gasteiger partial charge in [0.1, 0.15) is 11.5 Å². The van der Waals surface area contributed by atoms with Gasteiger partial charge in [0.05, 0.1) is 0 Å². The lowest BCUT2D eigenvalue weighted by Gasteiger charge is -2.32. The number of benzene rings is 2. The van der Waals surface area contributed by atoms with Crippen molar-refractivity contribution in [2.75, 3.05) is 5.75 Å². The smallest absolute Gasteiger partial charge is 0.450 e. The predicted molar refractivity (Wildman–Crippen MR) is 123 cm³/mol. The van der Waals surface area contributed by atoms with Crippen LogP contribution < -0.4 is 8.92 Å². The van der Waals surface area contributed by atoms with Gasteiger partial charge in [0.2, 0.25) is 0 Å². The van der Waals surface area contributed by atoms with Crippen LogP contribution in [0.5, 0.6) is 11.5 Å². The molecular formula is C21H17F6O8S3-. The van der Waals surface area contributed by atoms with Gasteiger partial charge in [-0.15, -0.1) is 11.8 Å². The fourth-order valence-electron chi connectivity index (χ4n) is 2.51. The molecule has 38 heavy (non-hydrogen) atoms. The van der Waals surface area contributed by atoms with Crippen LogP contribution in [0.2, 0.25) is 0 Å². The van der Waals surface area contributed by atoms with Crippen molar-refractivity contribution in [3.63, 3.8) is 0 Å². The van der Waals surface area contributed by atoms with E-state index in [-0.39, 0.29) is 6.42 Å². The molecule has 0 saturated heterocycles. The minimum Gasteiger partial charge on any atom is -0.743 e. The van der Waals surface area contributed by atoms with E-state index in [1.807, 2.05) is 0 Å². The predicted octanol–water partition coefficient (Wildman–Crippen LogP) is 4.88. The minimum atomic E-state index is -7.39. The number of halogens is 6. The van der Waals surface area contributed by atoms with E-state index in [0.29, 0.717) is 22.8 Å². The highest BCUT2D eigenvalue weighted by atomic mass is 32.2. The molecule has 0 spiro atoms. The maximum absolute atomic E-state index is 13.8. The van der Waals surface area contributed by atoms with Crippen LogP contribution >= 0.6 is 11.8 Å². The lowest BCUT2D eigenvalue weighted by atomic mass is 10.2. The summed E-state index contributed by atoms with van der Waals surface area (Å²) in [7, 11) is -14.3. The first-order chi connectivity index (χ1) is 17.4. The van der Waals surface area contributed by atoms with E-state index in [2.05, 4.69) is 10.8 Å². The molecule has 0 radical (unpaired) electrons. The van der Waals surface area contributed by atoms with Gasteiger partial charge in [-0.1, -0.05) is 24.8 Å². The molecule has 0 heterocycles. The minimum absolute atomic E-state index is 0.0304. The molecule has 2 aromatic carbocycles. The maximum atomic E-state index is 13.8. The van der Waals surface area contributed by atoms with Gasteiger partial charge in [-0.2, -0.15) is 34.8 Å². The standard InChI is InChI=1S/C21H18F6O8S3/c1-2-14-5-7-15(8-6-14)34-18(28)4-3-13-36-17-11-9-16(10-12-17)35-38(32,33)21(26,27)19(22,23)20(24,25)37(29,30)31/h2,5-12H,1,3-4,13H2,(H,29,30,31)/p-1. The summed E-state index contributed by atoms with van der Waals surface area (Å²) in [5, 5.41) is -13.8. The second-order valence-corrected chi connectivity index (χ2v) is 11.4. The van der Waals surface area contributed by atoms with Crippen LogP contribution in [0, 0.1) is 0 Å². The van der Waals surface area contributed by atoms with Crippen LogP contribution in [0.4, 0.5) is 26.3 Å². The fraction of sp³-hybridized carbons (Fsp3) is 0.286. The molecule has 0 aliphatic carbocycles. The van der Waals surface area contributed by atoms with E-state index in [9.17, 15) is 52.5 Å². The Kier molecular flexibility index (Phi) is 9.56. The Balaban J connectivity index is 1.94. The number of thioether (sulfide) groups is 1. The summed E-state index contributed by atoms with van der Waals surface area (Å²) in [6.07, 6.45) is 1.97. The summed E-state index contributed by atoms with van der Waals surface area (Å²) in [6.45, 7) is 3.60. The zero-order valence-electron chi connectivity index (χ0n) is 18.8. The van der Waals surface area contributed by atoms with Gasteiger partial charge in [0.15, 0.2) is 10.1 Å². The number of hydrogen-bond acceptors (Lipinski definition) is 9. The molecule has 0 aliphatic rings. The van der Waals surface area contributed by atoms with Gasteiger partial charge >= 0.3 is 32.5 Å². The van der Waals surface area contributed by atoms with Crippen molar-refractivity contribution in [2.45, 2.75) is 34.2 Å². The zero-order chi connectivity index (χ0) is 29.0. The average Bonchev–Trinajstić information content (AvgIpc) is 2.82. The molecule has 0 bridgehead atoms. The van der Waals surface area contributed by atoms with E-state index in [4.69, 9.17) is 4.74 Å². The largest absolute Gasteiger partial charge is 0.743 e. The summed E-state index contributed by atoms with van der Waals surface area (Å²) in [5.74, 6) is -8.00. The first kappa shape index (κ1) is 31.5. The van der Waals surface area contributed by atoms with Crippen molar-refractivity contribution in [3.8, 4) is 11.5 Å². The number of esters is 1. The van der Waals surface area contributed by atoms with Gasteiger partial charge < -0.3 is 13.5 Å². The van der Waals surface area contributed by atoms with E-state index in [0.717, 1.165) is 41.6 Å². The van der Waals surface area contributed by atoms with Crippen molar-refractivity contribution in [3.05, 3.63) is 60.7 Å². The van der Waals surface area contributed by atoms with Crippen LogP contribution in [-0.4, -0.2) is 49.5 Å². The first-order valence-electron chi connectivity index (χ1n) is 10.0. The molecule has 0 unspecified atom stereocenters. The van der Waals surface area contributed by atoms with E-state index in [1.54, 1.807) is 30.3 Å². The Bertz CT molecular complexity index is 1360. The molecule has 0 saturated carbocycles. The van der Waals surface area contributed by atoms with Crippen LogP contribution in [0.1, 0.15) is 18.4 Å². The van der Waals surface area contributed by atoms with Gasteiger partial charge in [-0.3, -0.25) is 4.79 Å². The van der Waals surface area contributed by atoms with Crippen molar-refractivity contribution >= 4 is 44.0 Å². The quantitative estimate of drug-likeness (QED) is 0.0595. The van der Waals surface area contributed by atoms with Crippen LogP contribution in [0.25, 0.3) is 6.08 Å². The number of carbonyl (C=O) groups excluding carboxylic acids is 1. The van der Waals surface area contributed by atoms with Crippen molar-refractivity contribution in [2.24, 2.45) is 0 Å². The summed E-state index contributed by atoms with van der Waals surface area (Å²) in [5.41, 5.74) is 0.832. The lowest BCUT2D eigenvalue weighted by molar-refractivity contribution is -0.247. The molecule has 2 rings (SSSR count). The highest BCUT2D eigenvalue weighted by molar-refractivity contribution is 7.99. The number of carbonyl (C=O) groups is 1. The second kappa shape index (κ2) is 11.5. The maximum Gasteiger partial charge on any atom is 0.450 e. The van der Waals surface area contributed by atoms with Crippen molar-refractivity contribution in [1.82, 2.24) is 0 Å². The van der Waals surface area contributed by atoms with Gasteiger partial charge in [0.25, 0.3) is 0 Å². The highest BCUT2D eigenvalue weighted by Crippen LogP contribution is 2.50. The SMILES string of the molecule is C=Cc1ccc(OC(=O)CCCSc2ccc(OS(=O)(=O)C(F)(F)C(F)(F)C(F)(F)S(=O)(=O)[O-])cc2)cc1. The number of ether oxygens (including phenoxy) is 1. The molecule has 0 aliphatic heterocycles. The Morgan fingerprint density at radius 2 is 1.42 bits per heavy atom. The summed E-state index contributed by atoms with van der Waals surface area (Å²) >= 11 is 1.12. The normalized spacial score (nSPS) is 13.1. The van der Waals surface area contributed by atoms with Crippen LogP contribution in [0.15, 0.2) is 60.0 Å². The Morgan fingerprint density at radius 1 is 0.895 bits per heavy atom.